The van der Waals surface area contributed by atoms with Crippen LogP contribution in [0.15, 0.2) is 11.2 Å². The molecule has 1 amide bonds. The first kappa shape index (κ1) is 22.4. The number of aliphatic imine (C=N–C) groups is 1. The van der Waals surface area contributed by atoms with Gasteiger partial charge in [-0.3, -0.25) is 9.69 Å². The van der Waals surface area contributed by atoms with Crippen molar-refractivity contribution in [3.63, 3.8) is 0 Å². The van der Waals surface area contributed by atoms with Gasteiger partial charge < -0.3 is 15.1 Å². The van der Waals surface area contributed by atoms with Crippen LogP contribution in [0.3, 0.4) is 0 Å². The molecule has 0 unspecified atom stereocenters. The zero-order valence-corrected chi connectivity index (χ0v) is 19.5. The second-order valence-electron chi connectivity index (χ2n) is 6.89. The van der Waals surface area contributed by atoms with E-state index in [1.165, 1.54) is 4.88 Å². The van der Waals surface area contributed by atoms with Crippen molar-refractivity contribution in [1.29, 1.82) is 0 Å². The van der Waals surface area contributed by atoms with Crippen molar-refractivity contribution >= 4 is 47.2 Å². The Morgan fingerprint density at radius 2 is 1.89 bits per heavy atom. The first-order chi connectivity index (χ1) is 12.7. The van der Waals surface area contributed by atoms with Crippen molar-refractivity contribution in [2.24, 2.45) is 4.99 Å². The lowest BCUT2D eigenvalue weighted by atomic mass is 10.3. The summed E-state index contributed by atoms with van der Waals surface area (Å²) in [5, 5.41) is 4.44. The van der Waals surface area contributed by atoms with Gasteiger partial charge in [0.25, 0.3) is 0 Å². The molecule has 1 aromatic rings. The first-order valence-electron chi connectivity index (χ1n) is 9.60. The number of amides is 1. The van der Waals surface area contributed by atoms with E-state index >= 15 is 0 Å². The van der Waals surface area contributed by atoms with E-state index < -0.39 is 0 Å². The van der Waals surface area contributed by atoms with Gasteiger partial charge in [0.2, 0.25) is 5.91 Å². The molecule has 152 valence electrons. The van der Waals surface area contributed by atoms with Crippen LogP contribution in [0.4, 0.5) is 0 Å². The largest absolute Gasteiger partial charge is 0.357 e. The Bertz CT molecular complexity index is 623. The number of rotatable bonds is 5. The molecule has 0 radical (unpaired) electrons. The summed E-state index contributed by atoms with van der Waals surface area (Å²) in [4.78, 5) is 29.3. The Kier molecular flexibility index (Phi) is 9.24. The van der Waals surface area contributed by atoms with Crippen LogP contribution < -0.4 is 5.32 Å². The molecule has 0 bridgehead atoms. The molecular formula is C18H31IN6OS. The van der Waals surface area contributed by atoms with Crippen LogP contribution in [-0.4, -0.2) is 83.9 Å². The molecule has 27 heavy (non-hydrogen) atoms. The number of carbonyl (C=O) groups excluding carboxylic acids is 1. The third-order valence-corrected chi connectivity index (χ3v) is 5.76. The van der Waals surface area contributed by atoms with Gasteiger partial charge in [0, 0.05) is 56.9 Å². The van der Waals surface area contributed by atoms with Gasteiger partial charge in [0.05, 0.1) is 13.1 Å². The molecule has 3 heterocycles. The topological polar surface area (TPSA) is 64.1 Å². The Labute approximate surface area is 183 Å². The van der Waals surface area contributed by atoms with Gasteiger partial charge in [0.1, 0.15) is 5.01 Å². The average molecular weight is 506 g/mol. The minimum atomic E-state index is 0. The van der Waals surface area contributed by atoms with Crippen molar-refractivity contribution in [1.82, 2.24) is 25.0 Å². The summed E-state index contributed by atoms with van der Waals surface area (Å²) < 4.78 is 0. The Morgan fingerprint density at radius 1 is 1.19 bits per heavy atom. The number of guanidine groups is 1. The van der Waals surface area contributed by atoms with Crippen molar-refractivity contribution in [3.05, 3.63) is 16.1 Å². The molecule has 1 N–H and O–H groups in total. The van der Waals surface area contributed by atoms with Crippen molar-refractivity contribution in [2.75, 3.05) is 52.4 Å². The molecule has 9 heteroatoms. The molecular weight excluding hydrogens is 475 g/mol. The Hall–Kier alpha value is -0.940. The number of hydrogen-bond acceptors (Lipinski definition) is 5. The van der Waals surface area contributed by atoms with E-state index in [1.807, 2.05) is 11.1 Å². The summed E-state index contributed by atoms with van der Waals surface area (Å²) in [6.45, 7) is 11.7. The Balaban J connectivity index is 0.00000261. The molecule has 2 aliphatic rings. The number of nitrogens with zero attached hydrogens (tertiary/aromatic N) is 5. The van der Waals surface area contributed by atoms with Crippen molar-refractivity contribution in [3.8, 4) is 0 Å². The number of carbonyl (C=O) groups is 1. The molecule has 2 aliphatic heterocycles. The fourth-order valence-electron chi connectivity index (χ4n) is 3.42. The molecule has 0 spiro atoms. The summed E-state index contributed by atoms with van der Waals surface area (Å²) in [5.74, 6) is 1.24. The lowest BCUT2D eigenvalue weighted by Crippen LogP contribution is -2.54. The van der Waals surface area contributed by atoms with E-state index in [4.69, 9.17) is 4.99 Å². The molecule has 2 saturated heterocycles. The molecule has 0 saturated carbocycles. The SMILES string of the molecule is CCNC(=NCc1ncc(C)s1)N1CCN(CC(=O)N2CCCC2)CC1.I. The van der Waals surface area contributed by atoms with E-state index in [0.29, 0.717) is 13.1 Å². The van der Waals surface area contributed by atoms with E-state index in [2.05, 4.69) is 33.9 Å². The molecule has 3 rings (SSSR count). The summed E-state index contributed by atoms with van der Waals surface area (Å²) in [6.07, 6.45) is 4.21. The minimum Gasteiger partial charge on any atom is -0.357 e. The fraction of sp³-hybridized carbons (Fsp3) is 0.722. The summed E-state index contributed by atoms with van der Waals surface area (Å²) in [5.41, 5.74) is 0. The van der Waals surface area contributed by atoms with Crippen LogP contribution in [0.2, 0.25) is 0 Å². The predicted molar refractivity (Wildman–Crippen MR) is 121 cm³/mol. The highest BCUT2D eigenvalue weighted by atomic mass is 127. The van der Waals surface area contributed by atoms with E-state index in [1.54, 1.807) is 11.3 Å². The number of aromatic nitrogens is 1. The quantitative estimate of drug-likeness (QED) is 0.375. The van der Waals surface area contributed by atoms with E-state index in [-0.39, 0.29) is 29.9 Å². The summed E-state index contributed by atoms with van der Waals surface area (Å²) >= 11 is 1.70. The van der Waals surface area contributed by atoms with E-state index in [0.717, 1.165) is 69.6 Å². The number of halogens is 1. The van der Waals surface area contributed by atoms with Crippen molar-refractivity contribution < 1.29 is 4.79 Å². The number of thiazole rings is 1. The van der Waals surface area contributed by atoms with E-state index in [9.17, 15) is 4.79 Å². The van der Waals surface area contributed by atoms with Gasteiger partial charge in [-0.05, 0) is 26.7 Å². The zero-order chi connectivity index (χ0) is 18.4. The molecule has 0 aromatic carbocycles. The summed E-state index contributed by atoms with van der Waals surface area (Å²) in [7, 11) is 0. The van der Waals surface area contributed by atoms with Gasteiger partial charge in [-0.2, -0.15) is 0 Å². The molecule has 1 aromatic heterocycles. The second-order valence-corrected chi connectivity index (χ2v) is 8.21. The number of likely N-dealkylation sites (tertiary alicyclic amines) is 1. The minimum absolute atomic E-state index is 0. The van der Waals surface area contributed by atoms with Gasteiger partial charge >= 0.3 is 0 Å². The van der Waals surface area contributed by atoms with Gasteiger partial charge in [-0.15, -0.1) is 35.3 Å². The van der Waals surface area contributed by atoms with Crippen molar-refractivity contribution in [2.45, 2.75) is 33.2 Å². The second kappa shape index (κ2) is 11.2. The standard InChI is InChI=1S/C18H30N6OS.HI/c1-3-19-18(21-13-16-20-12-15(2)26-16)24-10-8-22(9-11-24)14-17(25)23-6-4-5-7-23;/h12H,3-11,13-14H2,1-2H3,(H,19,21);1H. The Morgan fingerprint density at radius 3 is 2.48 bits per heavy atom. The predicted octanol–water partition coefficient (Wildman–Crippen LogP) is 1.78. The number of aryl methyl sites for hydroxylation is 1. The maximum absolute atomic E-state index is 12.3. The van der Waals surface area contributed by atoms with Crippen LogP contribution in [-0.2, 0) is 11.3 Å². The van der Waals surface area contributed by atoms with Gasteiger partial charge in [-0.1, -0.05) is 0 Å². The lowest BCUT2D eigenvalue weighted by Gasteiger charge is -2.36. The molecule has 7 nitrogen and oxygen atoms in total. The highest BCUT2D eigenvalue weighted by Gasteiger charge is 2.24. The maximum Gasteiger partial charge on any atom is 0.236 e. The number of piperazine rings is 1. The monoisotopic (exact) mass is 506 g/mol. The third-order valence-electron chi connectivity index (χ3n) is 4.86. The molecule has 0 atom stereocenters. The van der Waals surface area contributed by atoms with Crippen LogP contribution in [0.1, 0.15) is 29.7 Å². The van der Waals surface area contributed by atoms with Crippen LogP contribution >= 0.6 is 35.3 Å². The van der Waals surface area contributed by atoms with Gasteiger partial charge in [-0.25, -0.2) is 9.98 Å². The highest BCUT2D eigenvalue weighted by Crippen LogP contribution is 2.13. The van der Waals surface area contributed by atoms with Crippen LogP contribution in [0, 0.1) is 6.92 Å². The smallest absolute Gasteiger partial charge is 0.236 e. The zero-order valence-electron chi connectivity index (χ0n) is 16.3. The van der Waals surface area contributed by atoms with Crippen LogP contribution in [0.25, 0.3) is 0 Å². The third kappa shape index (κ3) is 6.56. The normalized spacial score (nSPS) is 18.5. The molecule has 2 fully saturated rings. The van der Waals surface area contributed by atoms with Gasteiger partial charge in [0.15, 0.2) is 5.96 Å². The first-order valence-corrected chi connectivity index (χ1v) is 10.4. The van der Waals surface area contributed by atoms with Crippen LogP contribution in [0.5, 0.6) is 0 Å². The average Bonchev–Trinajstić information content (AvgIpc) is 3.31. The molecule has 0 aliphatic carbocycles. The number of nitrogens with one attached hydrogen (secondary N) is 1. The number of hydrogen-bond donors (Lipinski definition) is 1. The summed E-state index contributed by atoms with van der Waals surface area (Å²) in [6, 6.07) is 0. The maximum atomic E-state index is 12.3. The lowest BCUT2D eigenvalue weighted by molar-refractivity contribution is -0.131. The fourth-order valence-corrected chi connectivity index (χ4v) is 4.13. The highest BCUT2D eigenvalue weighted by molar-refractivity contribution is 14.0.